The highest BCUT2D eigenvalue weighted by atomic mass is 35.7. The smallest absolute Gasteiger partial charge is 0.349 e. The van der Waals surface area contributed by atoms with E-state index in [4.69, 9.17) is 10.7 Å². The van der Waals surface area contributed by atoms with Gasteiger partial charge in [-0.25, -0.2) is 13.2 Å². The molecule has 0 aliphatic heterocycles. The normalized spacial score (nSPS) is 11.3. The number of hydrogen-bond acceptors (Lipinski definition) is 5. The number of rotatable bonds is 3. The van der Waals surface area contributed by atoms with E-state index in [0.717, 1.165) is 11.3 Å². The third-order valence-electron chi connectivity index (χ3n) is 1.35. The Morgan fingerprint density at radius 2 is 2.29 bits per heavy atom. The van der Waals surface area contributed by atoms with Gasteiger partial charge in [-0.05, 0) is 18.4 Å². The Morgan fingerprint density at radius 3 is 2.79 bits per heavy atom. The van der Waals surface area contributed by atoms with Crippen molar-refractivity contribution in [2.45, 2.75) is 11.8 Å². The number of carbonyl (C=O) groups excluding carboxylic acids is 1. The van der Waals surface area contributed by atoms with Crippen LogP contribution in [0, 0.1) is 0 Å². The zero-order valence-electron chi connectivity index (χ0n) is 7.19. The summed E-state index contributed by atoms with van der Waals surface area (Å²) in [6, 6.07) is 1.28. The molecule has 0 spiro atoms. The molecule has 14 heavy (non-hydrogen) atoms. The zero-order valence-corrected chi connectivity index (χ0v) is 9.58. The maximum Gasteiger partial charge on any atom is 0.349 e. The van der Waals surface area contributed by atoms with Crippen molar-refractivity contribution < 1.29 is 17.9 Å². The van der Waals surface area contributed by atoms with E-state index in [-0.39, 0.29) is 16.4 Å². The molecule has 0 fully saturated rings. The molecule has 0 N–H and O–H groups in total. The van der Waals surface area contributed by atoms with E-state index in [1.807, 2.05) is 0 Å². The first-order valence-electron chi connectivity index (χ1n) is 3.66. The molecule has 78 valence electrons. The van der Waals surface area contributed by atoms with Gasteiger partial charge in [0.1, 0.15) is 9.77 Å². The van der Waals surface area contributed by atoms with E-state index in [1.165, 1.54) is 11.4 Å². The van der Waals surface area contributed by atoms with Crippen molar-refractivity contribution in [2.24, 2.45) is 0 Å². The molecule has 1 heterocycles. The molecule has 0 saturated carbocycles. The highest BCUT2D eigenvalue weighted by molar-refractivity contribution is 8.13. The average molecular weight is 257 g/mol. The largest absolute Gasteiger partial charge is 0.462 e. The number of carbonyl (C=O) groups is 1. The maximum atomic E-state index is 11.2. The lowest BCUT2D eigenvalue weighted by atomic mass is 10.7. The molecule has 7 heteroatoms. The van der Waals surface area contributed by atoms with Gasteiger partial charge in [0.15, 0.2) is 0 Å². The van der Waals surface area contributed by atoms with Crippen LogP contribution in [0.4, 0.5) is 0 Å². The molecule has 0 aliphatic carbocycles. The molecule has 0 bridgehead atoms. The highest BCUT2D eigenvalue weighted by Gasteiger charge is 2.22. The molecule has 0 saturated heterocycles. The summed E-state index contributed by atoms with van der Waals surface area (Å²) in [6.07, 6.45) is 0. The highest BCUT2D eigenvalue weighted by Crippen LogP contribution is 2.25. The molecule has 1 aromatic rings. The summed E-state index contributed by atoms with van der Waals surface area (Å²) in [5, 5.41) is 1.47. The van der Waals surface area contributed by atoms with E-state index in [0.29, 0.717) is 0 Å². The molecule has 0 aliphatic rings. The van der Waals surface area contributed by atoms with Gasteiger partial charge in [0.25, 0.3) is 9.05 Å². The summed E-state index contributed by atoms with van der Waals surface area (Å²) in [7, 11) is 1.25. The van der Waals surface area contributed by atoms with Gasteiger partial charge in [-0.2, -0.15) is 0 Å². The van der Waals surface area contributed by atoms with Crippen LogP contribution in [0.25, 0.3) is 0 Å². The van der Waals surface area contributed by atoms with Gasteiger partial charge in [-0.1, -0.05) is 0 Å². The molecule has 0 atom stereocenters. The Balaban J connectivity index is 3.12. The van der Waals surface area contributed by atoms with Crippen LogP contribution in [0.1, 0.15) is 16.6 Å². The molecule has 0 radical (unpaired) electrons. The third kappa shape index (κ3) is 2.46. The SMILES string of the molecule is CCO[13C](=O)[13c]1sccc1S(=O)(=O)Cl. The Hall–Kier alpha value is -0.590. The Labute approximate surface area is 89.9 Å². The quantitative estimate of drug-likeness (QED) is 0.470. The van der Waals surface area contributed by atoms with Crippen molar-refractivity contribution in [2.75, 3.05) is 6.61 Å². The predicted octanol–water partition coefficient (Wildman–Crippen LogP) is 1.85. The number of hydrogen-bond donors (Lipinski definition) is 0. The lowest BCUT2D eigenvalue weighted by Gasteiger charge is -2.00. The molecular formula is C7H7ClO4S2. The summed E-state index contributed by atoms with van der Waals surface area (Å²) in [6.45, 7) is 1.83. The number of halogens is 1. The van der Waals surface area contributed by atoms with Gasteiger partial charge >= 0.3 is 5.97 Å². The van der Waals surface area contributed by atoms with Crippen LogP contribution in [-0.2, 0) is 13.8 Å². The summed E-state index contributed by atoms with van der Waals surface area (Å²) in [5.74, 6) is -0.665. The first-order valence-corrected chi connectivity index (χ1v) is 6.85. The molecular weight excluding hydrogens is 250 g/mol. The van der Waals surface area contributed by atoms with Crippen LogP contribution in [0.5, 0.6) is 0 Å². The Morgan fingerprint density at radius 1 is 1.64 bits per heavy atom. The van der Waals surface area contributed by atoms with Gasteiger partial charge in [0.05, 0.1) is 6.61 Å². The van der Waals surface area contributed by atoms with Crippen LogP contribution in [0.2, 0.25) is 0 Å². The molecule has 1 rings (SSSR count). The maximum absolute atomic E-state index is 11.2. The van der Waals surface area contributed by atoms with Crippen LogP contribution >= 0.6 is 22.0 Å². The number of ether oxygens (including phenoxy) is 1. The minimum Gasteiger partial charge on any atom is -0.462 e. The molecule has 4 nitrogen and oxygen atoms in total. The first kappa shape index (κ1) is 11.5. The summed E-state index contributed by atoms with van der Waals surface area (Å²) >= 11 is 0.986. The Bertz CT molecular complexity index is 434. The van der Waals surface area contributed by atoms with Gasteiger partial charge in [0, 0.05) is 10.7 Å². The van der Waals surface area contributed by atoms with E-state index in [1.54, 1.807) is 6.92 Å². The Kier molecular flexibility index (Phi) is 3.52. The second-order valence-corrected chi connectivity index (χ2v) is 5.72. The van der Waals surface area contributed by atoms with E-state index in [9.17, 15) is 13.2 Å². The standard InChI is InChI=1S/C7H7ClO4S2/c1-2-12-7(9)6-5(3-4-13-6)14(8,10)11/h3-4H,2H2,1H3/i6+1,7+1. The molecule has 1 aromatic heterocycles. The summed E-state index contributed by atoms with van der Waals surface area (Å²) in [4.78, 5) is 11.1. The minimum atomic E-state index is -3.87. The fraction of sp³-hybridized carbons (Fsp3) is 0.286. The van der Waals surface area contributed by atoms with Crippen LogP contribution in [-0.4, -0.2) is 21.0 Å². The topological polar surface area (TPSA) is 60.4 Å². The van der Waals surface area contributed by atoms with Crippen LogP contribution < -0.4 is 0 Å². The predicted molar refractivity (Wildman–Crippen MR) is 53.3 cm³/mol. The van der Waals surface area contributed by atoms with E-state index >= 15 is 0 Å². The van der Waals surface area contributed by atoms with Gasteiger partial charge in [-0.15, -0.1) is 11.3 Å². The zero-order chi connectivity index (χ0) is 10.8. The second kappa shape index (κ2) is 4.29. The molecule has 0 amide bonds. The lowest BCUT2D eigenvalue weighted by molar-refractivity contribution is 0.0528. The van der Waals surface area contributed by atoms with Crippen molar-refractivity contribution in [3.63, 3.8) is 0 Å². The average Bonchev–Trinajstić information content (AvgIpc) is 2.50. The van der Waals surface area contributed by atoms with Crippen molar-refractivity contribution in [1.82, 2.24) is 0 Å². The van der Waals surface area contributed by atoms with Gasteiger partial charge < -0.3 is 4.74 Å². The van der Waals surface area contributed by atoms with Crippen LogP contribution in [0.15, 0.2) is 16.3 Å². The van der Waals surface area contributed by atoms with Crippen LogP contribution in [0.3, 0.4) is 0 Å². The van der Waals surface area contributed by atoms with Gasteiger partial charge in [-0.3, -0.25) is 0 Å². The van der Waals surface area contributed by atoms with Gasteiger partial charge in [0.2, 0.25) is 0 Å². The van der Waals surface area contributed by atoms with E-state index < -0.39 is 15.0 Å². The monoisotopic (exact) mass is 256 g/mol. The van der Waals surface area contributed by atoms with Crippen molar-refractivity contribution in [1.29, 1.82) is 0 Å². The lowest BCUT2D eigenvalue weighted by Crippen LogP contribution is -2.06. The minimum absolute atomic E-state index is 0.0156. The molecule has 0 aromatic carbocycles. The fourth-order valence-corrected chi connectivity index (χ4v) is 3.13. The van der Waals surface area contributed by atoms with Crippen molar-refractivity contribution >= 4 is 37.0 Å². The molecule has 0 unspecified atom stereocenters. The third-order valence-corrected chi connectivity index (χ3v) is 3.74. The summed E-state index contributed by atoms with van der Waals surface area (Å²) < 4.78 is 26.6. The van der Waals surface area contributed by atoms with Crippen molar-refractivity contribution in [3.05, 3.63) is 16.3 Å². The fourth-order valence-electron chi connectivity index (χ4n) is 0.835. The second-order valence-electron chi connectivity index (χ2n) is 2.27. The number of esters is 1. The summed E-state index contributed by atoms with van der Waals surface area (Å²) in [5.41, 5.74) is 0. The first-order chi connectivity index (χ1) is 6.46. The van der Waals surface area contributed by atoms with E-state index in [2.05, 4.69) is 4.74 Å². The number of thiophene rings is 1. The van der Waals surface area contributed by atoms with Crippen molar-refractivity contribution in [3.8, 4) is 0 Å².